The lowest BCUT2D eigenvalue weighted by Crippen LogP contribution is -2.55. The Morgan fingerprint density at radius 3 is 2.60 bits per heavy atom. The van der Waals surface area contributed by atoms with Crippen LogP contribution in [0.3, 0.4) is 0 Å². The highest BCUT2D eigenvalue weighted by Gasteiger charge is 2.31. The van der Waals surface area contributed by atoms with Gasteiger partial charge in [-0.15, -0.1) is 11.3 Å². The Morgan fingerprint density at radius 2 is 1.89 bits per heavy atom. The molecule has 2 atom stereocenters. The Balaban J connectivity index is 1.25. The first kappa shape index (κ1) is 23.4. The Kier molecular flexibility index (Phi) is 6.24. The first-order chi connectivity index (χ1) is 16.8. The molecule has 1 fully saturated rings. The largest absolute Gasteiger partial charge is 0.368 e. The second kappa shape index (κ2) is 9.35. The van der Waals surface area contributed by atoms with Crippen LogP contribution in [0.5, 0.6) is 0 Å². The van der Waals surface area contributed by atoms with Gasteiger partial charge in [-0.2, -0.15) is 0 Å². The Bertz CT molecular complexity index is 1430. The van der Waals surface area contributed by atoms with Crippen LogP contribution in [0.25, 0.3) is 10.9 Å². The van der Waals surface area contributed by atoms with Gasteiger partial charge in [0.1, 0.15) is 6.04 Å². The molecule has 0 unspecified atom stereocenters. The van der Waals surface area contributed by atoms with Gasteiger partial charge in [0.25, 0.3) is 10.0 Å². The number of para-hydroxylation sites is 1. The number of anilines is 2. The van der Waals surface area contributed by atoms with E-state index < -0.39 is 10.0 Å². The molecule has 1 saturated heterocycles. The molecule has 0 bridgehead atoms. The van der Waals surface area contributed by atoms with Crippen LogP contribution < -0.4 is 9.62 Å². The first-order valence-corrected chi connectivity index (χ1v) is 13.8. The molecule has 2 aromatic carbocycles. The second-order valence-electron chi connectivity index (χ2n) is 8.72. The summed E-state index contributed by atoms with van der Waals surface area (Å²) >= 11 is 1.23. The highest BCUT2D eigenvalue weighted by molar-refractivity contribution is 7.93. The number of rotatable bonds is 6. The van der Waals surface area contributed by atoms with Gasteiger partial charge in [-0.25, -0.2) is 13.4 Å². The van der Waals surface area contributed by atoms with E-state index in [1.54, 1.807) is 23.7 Å². The van der Waals surface area contributed by atoms with Crippen LogP contribution in [-0.4, -0.2) is 54.5 Å². The monoisotopic (exact) mass is 509 g/mol. The molecule has 182 valence electrons. The summed E-state index contributed by atoms with van der Waals surface area (Å²) in [4.78, 5) is 21.7. The topological polar surface area (TPSA) is 87.5 Å². The predicted molar refractivity (Wildman–Crippen MR) is 139 cm³/mol. The molecule has 0 saturated carbocycles. The number of fused-ring (bicyclic) bond motifs is 1. The van der Waals surface area contributed by atoms with E-state index in [1.807, 2.05) is 59.0 Å². The molecule has 8 nitrogen and oxygen atoms in total. The fraction of sp³-hybridized carbons (Fsp3) is 0.280. The maximum absolute atomic E-state index is 13.4. The Morgan fingerprint density at radius 1 is 1.11 bits per heavy atom. The van der Waals surface area contributed by atoms with Gasteiger partial charge in [0.05, 0.1) is 4.90 Å². The molecule has 1 aliphatic rings. The molecule has 5 rings (SSSR count). The lowest BCUT2D eigenvalue weighted by molar-refractivity contribution is -0.136. The number of carbonyl (C=O) groups excluding carboxylic acids is 1. The summed E-state index contributed by atoms with van der Waals surface area (Å²) in [5.41, 5.74) is 1.99. The lowest BCUT2D eigenvalue weighted by atomic mass is 10.1. The molecule has 35 heavy (non-hydrogen) atoms. The summed E-state index contributed by atoms with van der Waals surface area (Å²) in [5, 5.41) is 3.18. The van der Waals surface area contributed by atoms with Crippen LogP contribution >= 0.6 is 11.3 Å². The normalized spacial score (nSPS) is 17.5. The van der Waals surface area contributed by atoms with E-state index in [9.17, 15) is 13.2 Å². The average molecular weight is 510 g/mol. The van der Waals surface area contributed by atoms with Crippen molar-refractivity contribution in [2.75, 3.05) is 29.3 Å². The smallest absolute Gasteiger partial charge is 0.263 e. The molecule has 10 heteroatoms. The first-order valence-electron chi connectivity index (χ1n) is 11.5. The van der Waals surface area contributed by atoms with Gasteiger partial charge in [0.2, 0.25) is 5.91 Å². The molecule has 0 spiro atoms. The van der Waals surface area contributed by atoms with Crippen LogP contribution in [0.2, 0.25) is 0 Å². The second-order valence-corrected chi connectivity index (χ2v) is 11.3. The number of sulfonamides is 1. The molecule has 0 radical (unpaired) electrons. The van der Waals surface area contributed by atoms with Crippen LogP contribution in [0.4, 0.5) is 10.8 Å². The van der Waals surface area contributed by atoms with Crippen molar-refractivity contribution < 1.29 is 13.2 Å². The van der Waals surface area contributed by atoms with Crippen molar-refractivity contribution in [2.45, 2.75) is 30.8 Å². The molecular formula is C25H27N5O3S2. The zero-order chi connectivity index (χ0) is 24.6. The van der Waals surface area contributed by atoms with Crippen LogP contribution in [-0.2, 0) is 14.8 Å². The van der Waals surface area contributed by atoms with E-state index >= 15 is 0 Å². The van der Waals surface area contributed by atoms with Gasteiger partial charge in [0, 0.05) is 54.7 Å². The zero-order valence-electron chi connectivity index (χ0n) is 19.5. The van der Waals surface area contributed by atoms with E-state index in [-0.39, 0.29) is 22.9 Å². The van der Waals surface area contributed by atoms with Crippen molar-refractivity contribution in [2.24, 2.45) is 0 Å². The van der Waals surface area contributed by atoms with Gasteiger partial charge in [-0.3, -0.25) is 9.52 Å². The molecule has 2 aromatic heterocycles. The number of carbonyl (C=O) groups is 1. The molecule has 4 aromatic rings. The van der Waals surface area contributed by atoms with Gasteiger partial charge in [0.15, 0.2) is 5.13 Å². The number of thiazole rings is 1. The summed E-state index contributed by atoms with van der Waals surface area (Å²) in [6, 6.07) is 16.7. The quantitative estimate of drug-likeness (QED) is 0.421. The Labute approximate surface area is 208 Å². The summed E-state index contributed by atoms with van der Waals surface area (Å²) < 4.78 is 29.7. The van der Waals surface area contributed by atoms with Gasteiger partial charge >= 0.3 is 0 Å². The molecule has 1 N–H and O–H groups in total. The molecule has 1 aliphatic heterocycles. The lowest BCUT2D eigenvalue weighted by Gasteiger charge is -2.42. The molecular weight excluding hydrogens is 482 g/mol. The predicted octanol–water partition coefficient (Wildman–Crippen LogP) is 4.20. The third-order valence-corrected chi connectivity index (χ3v) is 8.65. The Hall–Kier alpha value is -3.37. The maximum Gasteiger partial charge on any atom is 0.263 e. The number of nitrogens with one attached hydrogen (secondary N) is 1. The standard InChI is InChI=1S/C25H27N5O3S2/c1-18-17-28(21-7-9-22(10-8-21)35(32,33)27-25-26-12-16-34-25)14-15-29(18)24(31)19(2)30-13-11-20-5-3-4-6-23(20)30/h3-13,16,18-19H,14-15,17H2,1-2H3,(H,26,27)/t18-,19+/m1/s1. The van der Waals surface area contributed by atoms with Gasteiger partial charge in [-0.1, -0.05) is 18.2 Å². The van der Waals surface area contributed by atoms with E-state index in [4.69, 9.17) is 0 Å². The van der Waals surface area contributed by atoms with Crippen LogP contribution in [0.15, 0.2) is 77.3 Å². The van der Waals surface area contributed by atoms with Gasteiger partial charge < -0.3 is 14.4 Å². The molecule has 3 heterocycles. The number of benzene rings is 2. The van der Waals surface area contributed by atoms with E-state index in [2.05, 4.69) is 27.6 Å². The maximum atomic E-state index is 13.4. The van der Waals surface area contributed by atoms with Crippen molar-refractivity contribution >= 4 is 49.0 Å². The number of hydrogen-bond donors (Lipinski definition) is 1. The summed E-state index contributed by atoms with van der Waals surface area (Å²) in [5.74, 6) is 0.105. The number of amides is 1. The van der Waals surface area contributed by atoms with E-state index in [0.717, 1.165) is 16.6 Å². The summed E-state index contributed by atoms with van der Waals surface area (Å²) in [6.07, 6.45) is 3.53. The van der Waals surface area contributed by atoms with Crippen molar-refractivity contribution in [3.8, 4) is 0 Å². The fourth-order valence-corrected chi connectivity index (χ4v) is 6.39. The summed E-state index contributed by atoms with van der Waals surface area (Å²) in [7, 11) is -3.68. The minimum atomic E-state index is -3.68. The van der Waals surface area contributed by atoms with Gasteiger partial charge in [-0.05, 0) is 55.6 Å². The minimum absolute atomic E-state index is 0.0236. The molecule has 0 aliphatic carbocycles. The average Bonchev–Trinajstić information content (AvgIpc) is 3.53. The van der Waals surface area contributed by atoms with Crippen LogP contribution in [0, 0.1) is 0 Å². The van der Waals surface area contributed by atoms with Crippen molar-refractivity contribution in [3.63, 3.8) is 0 Å². The molecule has 1 amide bonds. The number of hydrogen-bond acceptors (Lipinski definition) is 6. The third kappa shape index (κ3) is 4.63. The van der Waals surface area contributed by atoms with E-state index in [0.29, 0.717) is 24.8 Å². The van der Waals surface area contributed by atoms with Crippen molar-refractivity contribution in [3.05, 3.63) is 72.4 Å². The number of piperazine rings is 1. The van der Waals surface area contributed by atoms with Crippen LogP contribution in [0.1, 0.15) is 19.9 Å². The van der Waals surface area contributed by atoms with Crippen molar-refractivity contribution in [1.82, 2.24) is 14.5 Å². The summed E-state index contributed by atoms with van der Waals surface area (Å²) in [6.45, 7) is 5.97. The highest BCUT2D eigenvalue weighted by Crippen LogP contribution is 2.26. The third-order valence-electron chi connectivity index (χ3n) is 6.48. The zero-order valence-corrected chi connectivity index (χ0v) is 21.2. The SMILES string of the molecule is C[C@@H]1CN(c2ccc(S(=O)(=O)Nc3nccs3)cc2)CCN1C(=O)[C@H](C)n1ccc2ccccc21. The minimum Gasteiger partial charge on any atom is -0.368 e. The van der Waals surface area contributed by atoms with E-state index in [1.165, 1.54) is 11.3 Å². The number of aromatic nitrogens is 2. The van der Waals surface area contributed by atoms with Crippen molar-refractivity contribution in [1.29, 1.82) is 0 Å². The fourth-order valence-electron chi connectivity index (χ4n) is 4.60. The highest BCUT2D eigenvalue weighted by atomic mass is 32.2. The number of nitrogens with zero attached hydrogens (tertiary/aromatic N) is 4.